The summed E-state index contributed by atoms with van der Waals surface area (Å²) in [7, 11) is 0. The minimum Gasteiger partial charge on any atom is -0.477 e. The quantitative estimate of drug-likeness (QED) is 0.926. The highest BCUT2D eigenvalue weighted by Gasteiger charge is 2.21. The maximum absolute atomic E-state index is 13.2. The molecule has 2 heterocycles. The molecule has 0 spiro atoms. The van der Waals surface area contributed by atoms with Gasteiger partial charge in [-0.3, -0.25) is 0 Å². The number of halogens is 1. The van der Waals surface area contributed by atoms with E-state index in [0.717, 1.165) is 25.0 Å². The summed E-state index contributed by atoms with van der Waals surface area (Å²) in [5.74, 6) is -1.37. The maximum atomic E-state index is 13.2. The molecule has 1 aliphatic heterocycles. The van der Waals surface area contributed by atoms with Gasteiger partial charge in [0.05, 0.1) is 6.10 Å². The summed E-state index contributed by atoms with van der Waals surface area (Å²) in [6.07, 6.45) is 1.97. The van der Waals surface area contributed by atoms with Gasteiger partial charge in [-0.15, -0.1) is 0 Å². The number of benzene rings is 1. The Bertz CT molecular complexity index is 629. The number of aromatic nitrogens is 1. The number of rotatable bonds is 3. The van der Waals surface area contributed by atoms with Crippen molar-refractivity contribution >= 4 is 16.9 Å². The van der Waals surface area contributed by atoms with Crippen LogP contribution in [0, 0.1) is 5.82 Å². The molecule has 4 nitrogen and oxygen atoms in total. The predicted molar refractivity (Wildman–Crippen MR) is 67.8 cm³/mol. The van der Waals surface area contributed by atoms with Gasteiger partial charge < -0.3 is 14.4 Å². The first-order valence-corrected chi connectivity index (χ1v) is 6.29. The molecule has 0 aliphatic carbocycles. The smallest absolute Gasteiger partial charge is 0.352 e. The van der Waals surface area contributed by atoms with Crippen LogP contribution in [-0.2, 0) is 11.3 Å². The Morgan fingerprint density at radius 3 is 3.00 bits per heavy atom. The van der Waals surface area contributed by atoms with Crippen molar-refractivity contribution in [2.24, 2.45) is 0 Å². The highest BCUT2D eigenvalue weighted by molar-refractivity contribution is 5.94. The molecule has 1 unspecified atom stereocenters. The van der Waals surface area contributed by atoms with E-state index < -0.39 is 5.97 Å². The number of aromatic carboxylic acids is 1. The summed E-state index contributed by atoms with van der Waals surface area (Å²) in [6, 6.07) is 5.83. The van der Waals surface area contributed by atoms with Crippen molar-refractivity contribution in [1.29, 1.82) is 0 Å². The zero-order valence-corrected chi connectivity index (χ0v) is 10.3. The molecule has 1 fully saturated rings. The van der Waals surface area contributed by atoms with Gasteiger partial charge in [0.2, 0.25) is 0 Å². The van der Waals surface area contributed by atoms with Crippen LogP contribution in [0.4, 0.5) is 4.39 Å². The lowest BCUT2D eigenvalue weighted by molar-refractivity contribution is 0.0672. The average molecular weight is 263 g/mol. The van der Waals surface area contributed by atoms with Crippen LogP contribution in [0.5, 0.6) is 0 Å². The summed E-state index contributed by atoms with van der Waals surface area (Å²) >= 11 is 0. The molecular formula is C14H14FNO3. The summed E-state index contributed by atoms with van der Waals surface area (Å²) in [5.41, 5.74) is 0.908. The summed E-state index contributed by atoms with van der Waals surface area (Å²) in [4.78, 5) is 11.3. The molecule has 1 aromatic carbocycles. The van der Waals surface area contributed by atoms with Gasteiger partial charge in [0.25, 0.3) is 0 Å². The topological polar surface area (TPSA) is 51.5 Å². The van der Waals surface area contributed by atoms with Crippen LogP contribution < -0.4 is 0 Å². The Morgan fingerprint density at radius 1 is 1.47 bits per heavy atom. The minimum absolute atomic E-state index is 0.0405. The van der Waals surface area contributed by atoms with Gasteiger partial charge in [0, 0.05) is 24.1 Å². The Morgan fingerprint density at radius 2 is 2.32 bits per heavy atom. The second kappa shape index (κ2) is 4.66. The van der Waals surface area contributed by atoms with Crippen molar-refractivity contribution in [3.05, 3.63) is 35.8 Å². The third-order valence-electron chi connectivity index (χ3n) is 3.49. The lowest BCUT2D eigenvalue weighted by Gasteiger charge is -2.13. The number of carboxylic acid groups (broad SMARTS) is 1. The lowest BCUT2D eigenvalue weighted by atomic mass is 10.2. The number of carboxylic acids is 1. The number of nitrogens with zero attached hydrogens (tertiary/aromatic N) is 1. The van der Waals surface area contributed by atoms with E-state index in [9.17, 15) is 14.3 Å². The predicted octanol–water partition coefficient (Wildman–Crippen LogP) is 2.66. The summed E-state index contributed by atoms with van der Waals surface area (Å²) in [5, 5.41) is 9.86. The zero-order valence-electron chi connectivity index (χ0n) is 10.3. The van der Waals surface area contributed by atoms with Gasteiger partial charge in [-0.2, -0.15) is 0 Å². The number of carbonyl (C=O) groups is 1. The van der Waals surface area contributed by atoms with Crippen LogP contribution in [0.15, 0.2) is 24.3 Å². The molecule has 0 radical (unpaired) electrons. The Kier molecular flexibility index (Phi) is 2.98. The van der Waals surface area contributed by atoms with Crippen molar-refractivity contribution in [2.45, 2.75) is 25.5 Å². The molecule has 0 bridgehead atoms. The normalized spacial score (nSPS) is 19.1. The standard InChI is InChI=1S/C14H14FNO3/c15-10-3-4-12-9(6-10)7-13(14(17)18)16(12)8-11-2-1-5-19-11/h3-4,6-7,11H,1-2,5,8H2,(H,17,18). The van der Waals surface area contributed by atoms with Gasteiger partial charge in [0.1, 0.15) is 11.5 Å². The minimum atomic E-state index is -1.00. The maximum Gasteiger partial charge on any atom is 0.352 e. The van der Waals surface area contributed by atoms with Crippen molar-refractivity contribution in [2.75, 3.05) is 6.61 Å². The molecule has 1 aromatic heterocycles. The highest BCUT2D eigenvalue weighted by atomic mass is 19.1. The fourth-order valence-electron chi connectivity index (χ4n) is 2.61. The van der Waals surface area contributed by atoms with E-state index in [1.165, 1.54) is 18.2 Å². The SMILES string of the molecule is O=C(O)c1cc2cc(F)ccc2n1CC1CCCO1. The largest absolute Gasteiger partial charge is 0.477 e. The summed E-state index contributed by atoms with van der Waals surface area (Å²) in [6.45, 7) is 1.22. The fraction of sp³-hybridized carbons (Fsp3) is 0.357. The van der Waals surface area contributed by atoms with E-state index in [0.29, 0.717) is 11.9 Å². The first-order chi connectivity index (χ1) is 9.15. The average Bonchev–Trinajstić information content (AvgIpc) is 2.97. The fourth-order valence-corrected chi connectivity index (χ4v) is 2.61. The molecule has 1 aliphatic rings. The van der Waals surface area contributed by atoms with E-state index in [1.54, 1.807) is 10.6 Å². The number of hydrogen-bond acceptors (Lipinski definition) is 2. The monoisotopic (exact) mass is 263 g/mol. The van der Waals surface area contributed by atoms with Crippen LogP contribution in [0.3, 0.4) is 0 Å². The molecular weight excluding hydrogens is 249 g/mol. The molecule has 3 rings (SSSR count). The van der Waals surface area contributed by atoms with E-state index in [-0.39, 0.29) is 17.6 Å². The van der Waals surface area contributed by atoms with Crippen molar-refractivity contribution < 1.29 is 19.0 Å². The first-order valence-electron chi connectivity index (χ1n) is 6.29. The molecule has 5 heteroatoms. The molecule has 1 N–H and O–H groups in total. The number of ether oxygens (including phenoxy) is 1. The molecule has 1 saturated heterocycles. The lowest BCUT2D eigenvalue weighted by Crippen LogP contribution is -2.18. The van der Waals surface area contributed by atoms with Crippen LogP contribution in [0.25, 0.3) is 10.9 Å². The van der Waals surface area contributed by atoms with Crippen molar-refractivity contribution in [3.63, 3.8) is 0 Å². The highest BCUT2D eigenvalue weighted by Crippen LogP contribution is 2.24. The Hall–Kier alpha value is -1.88. The van der Waals surface area contributed by atoms with Gasteiger partial charge in [-0.1, -0.05) is 0 Å². The second-order valence-corrected chi connectivity index (χ2v) is 4.78. The van der Waals surface area contributed by atoms with Crippen molar-refractivity contribution in [1.82, 2.24) is 4.57 Å². The molecule has 1 atom stereocenters. The van der Waals surface area contributed by atoms with Gasteiger partial charge in [0.15, 0.2) is 0 Å². The first kappa shape index (κ1) is 12.2. The van der Waals surface area contributed by atoms with E-state index in [1.807, 2.05) is 0 Å². The number of fused-ring (bicyclic) bond motifs is 1. The van der Waals surface area contributed by atoms with Crippen molar-refractivity contribution in [3.8, 4) is 0 Å². The van der Waals surface area contributed by atoms with Gasteiger partial charge in [-0.25, -0.2) is 9.18 Å². The van der Waals surface area contributed by atoms with E-state index >= 15 is 0 Å². The number of hydrogen-bond donors (Lipinski definition) is 1. The molecule has 0 amide bonds. The van der Waals surface area contributed by atoms with E-state index in [4.69, 9.17) is 4.74 Å². The zero-order chi connectivity index (χ0) is 13.4. The Labute approximate surface area is 109 Å². The molecule has 0 saturated carbocycles. The molecule has 100 valence electrons. The third kappa shape index (κ3) is 2.21. The van der Waals surface area contributed by atoms with Crippen LogP contribution >= 0.6 is 0 Å². The van der Waals surface area contributed by atoms with Gasteiger partial charge >= 0.3 is 5.97 Å². The Balaban J connectivity index is 2.07. The third-order valence-corrected chi connectivity index (χ3v) is 3.49. The molecule has 19 heavy (non-hydrogen) atoms. The molecule has 2 aromatic rings. The van der Waals surface area contributed by atoms with E-state index in [2.05, 4.69) is 0 Å². The van der Waals surface area contributed by atoms with Crippen LogP contribution in [0.2, 0.25) is 0 Å². The summed E-state index contributed by atoms with van der Waals surface area (Å²) < 4.78 is 20.4. The van der Waals surface area contributed by atoms with Crippen LogP contribution in [0.1, 0.15) is 23.3 Å². The van der Waals surface area contributed by atoms with Gasteiger partial charge in [-0.05, 0) is 37.1 Å². The second-order valence-electron chi connectivity index (χ2n) is 4.78. The van der Waals surface area contributed by atoms with Crippen LogP contribution in [-0.4, -0.2) is 28.4 Å².